The number of ether oxygens (including phenoxy) is 1. The molecule has 0 unspecified atom stereocenters. The van der Waals surface area contributed by atoms with E-state index in [1.165, 1.54) is 22.3 Å². The zero-order valence-corrected chi connectivity index (χ0v) is 20.8. The van der Waals surface area contributed by atoms with Gasteiger partial charge in [0.25, 0.3) is 0 Å². The van der Waals surface area contributed by atoms with Gasteiger partial charge in [0, 0.05) is 50.1 Å². The van der Waals surface area contributed by atoms with Crippen LogP contribution >= 0.6 is 0 Å². The van der Waals surface area contributed by atoms with E-state index in [2.05, 4.69) is 70.2 Å². The Morgan fingerprint density at radius 1 is 1.00 bits per heavy atom. The van der Waals surface area contributed by atoms with Crippen molar-refractivity contribution in [1.82, 2.24) is 14.8 Å². The van der Waals surface area contributed by atoms with Crippen molar-refractivity contribution in [2.75, 3.05) is 33.4 Å². The summed E-state index contributed by atoms with van der Waals surface area (Å²) in [6.45, 7) is 5.52. The maximum atomic E-state index is 13.2. The van der Waals surface area contributed by atoms with Crippen molar-refractivity contribution in [3.05, 3.63) is 89.7 Å². The molecule has 2 fully saturated rings. The van der Waals surface area contributed by atoms with Crippen LogP contribution in [0.1, 0.15) is 35.6 Å². The van der Waals surface area contributed by atoms with Gasteiger partial charge in [0.1, 0.15) is 0 Å². The highest BCUT2D eigenvalue weighted by Gasteiger charge is 2.49. The Balaban J connectivity index is 1.37. The Bertz CT molecular complexity index is 1130. The number of benzene rings is 2. The monoisotopic (exact) mass is 469 g/mol. The fourth-order valence-corrected chi connectivity index (χ4v) is 5.87. The van der Waals surface area contributed by atoms with Crippen LogP contribution < -0.4 is 0 Å². The third-order valence-electron chi connectivity index (χ3n) is 7.68. The fraction of sp³-hybridized carbons (Fsp3) is 0.400. The van der Waals surface area contributed by atoms with E-state index < -0.39 is 0 Å². The summed E-state index contributed by atoms with van der Waals surface area (Å²) in [5, 5.41) is 0. The predicted molar refractivity (Wildman–Crippen MR) is 139 cm³/mol. The first kappa shape index (κ1) is 23.7. The minimum Gasteiger partial charge on any atom is -0.383 e. The van der Waals surface area contributed by atoms with Crippen molar-refractivity contribution < 1.29 is 9.53 Å². The molecule has 2 aliphatic rings. The second-order valence-corrected chi connectivity index (χ2v) is 9.84. The second kappa shape index (κ2) is 10.7. The molecule has 0 radical (unpaired) electrons. The molecule has 3 heterocycles. The number of aromatic nitrogens is 1. The molecule has 0 spiro atoms. The highest BCUT2D eigenvalue weighted by Crippen LogP contribution is 2.42. The average molecular weight is 470 g/mol. The number of fused-ring (bicyclic) bond motifs is 1. The zero-order valence-electron chi connectivity index (χ0n) is 20.8. The second-order valence-electron chi connectivity index (χ2n) is 9.84. The molecule has 2 aliphatic heterocycles. The molecule has 5 rings (SSSR count). The first-order chi connectivity index (χ1) is 17.2. The van der Waals surface area contributed by atoms with Crippen LogP contribution in [0.15, 0.2) is 72.9 Å². The lowest BCUT2D eigenvalue weighted by Gasteiger charge is -2.57. The van der Waals surface area contributed by atoms with Gasteiger partial charge in [0.2, 0.25) is 5.91 Å². The summed E-state index contributed by atoms with van der Waals surface area (Å²) in [5.41, 5.74) is 5.99. The van der Waals surface area contributed by atoms with Crippen molar-refractivity contribution in [3.8, 4) is 11.1 Å². The molecule has 0 aliphatic carbocycles. The molecule has 182 valence electrons. The number of pyridine rings is 1. The molecule has 35 heavy (non-hydrogen) atoms. The Hall–Kier alpha value is -3.02. The number of nitrogens with zero attached hydrogens (tertiary/aromatic N) is 3. The quantitative estimate of drug-likeness (QED) is 0.525. The van der Waals surface area contributed by atoms with E-state index >= 15 is 0 Å². The van der Waals surface area contributed by atoms with Crippen LogP contribution in [0.2, 0.25) is 0 Å². The third-order valence-corrected chi connectivity index (χ3v) is 7.68. The van der Waals surface area contributed by atoms with Crippen LogP contribution in [0.5, 0.6) is 0 Å². The number of aryl methyl sites for hydroxylation is 1. The van der Waals surface area contributed by atoms with Crippen molar-refractivity contribution >= 4 is 5.91 Å². The van der Waals surface area contributed by atoms with Gasteiger partial charge >= 0.3 is 0 Å². The fourth-order valence-electron chi connectivity index (χ4n) is 5.87. The maximum absolute atomic E-state index is 13.2. The van der Waals surface area contributed by atoms with Gasteiger partial charge < -0.3 is 9.64 Å². The Morgan fingerprint density at radius 3 is 2.51 bits per heavy atom. The van der Waals surface area contributed by atoms with E-state index in [1.54, 1.807) is 13.3 Å². The number of hydrogen-bond acceptors (Lipinski definition) is 4. The molecule has 5 heteroatoms. The van der Waals surface area contributed by atoms with Crippen LogP contribution in [0.4, 0.5) is 0 Å². The van der Waals surface area contributed by atoms with Gasteiger partial charge in [-0.05, 0) is 60.7 Å². The van der Waals surface area contributed by atoms with E-state index in [4.69, 9.17) is 4.74 Å². The summed E-state index contributed by atoms with van der Waals surface area (Å²) < 4.78 is 5.65. The normalized spacial score (nSPS) is 22.6. The number of methoxy groups -OCH3 is 1. The van der Waals surface area contributed by atoms with Gasteiger partial charge in [-0.15, -0.1) is 0 Å². The van der Waals surface area contributed by atoms with Crippen molar-refractivity contribution in [3.63, 3.8) is 0 Å². The first-order valence-corrected chi connectivity index (χ1v) is 12.7. The van der Waals surface area contributed by atoms with Crippen LogP contribution in [0.3, 0.4) is 0 Å². The number of carbonyl (C=O) groups is 1. The molecule has 0 N–H and O–H groups in total. The lowest BCUT2D eigenvalue weighted by atomic mass is 9.74. The molecular weight excluding hydrogens is 434 g/mol. The van der Waals surface area contributed by atoms with E-state index in [0.29, 0.717) is 31.0 Å². The first-order valence-electron chi connectivity index (χ1n) is 12.7. The smallest absolute Gasteiger partial charge is 0.228 e. The van der Waals surface area contributed by atoms with Crippen LogP contribution in [0.25, 0.3) is 11.1 Å². The summed E-state index contributed by atoms with van der Waals surface area (Å²) in [6.07, 6.45) is 4.26. The summed E-state index contributed by atoms with van der Waals surface area (Å²) in [6, 6.07) is 24.0. The molecule has 2 saturated heterocycles. The average Bonchev–Trinajstić information content (AvgIpc) is 2.86. The third kappa shape index (κ3) is 5.02. The van der Waals surface area contributed by atoms with E-state index in [1.807, 2.05) is 18.2 Å². The van der Waals surface area contributed by atoms with Crippen molar-refractivity contribution in [1.29, 1.82) is 0 Å². The number of rotatable bonds is 6. The molecule has 3 atom stereocenters. The lowest BCUT2D eigenvalue weighted by molar-refractivity contribution is -0.136. The highest BCUT2D eigenvalue weighted by atomic mass is 16.5. The minimum atomic E-state index is 0.175. The molecule has 0 saturated carbocycles. The number of amides is 1. The number of hydrogen-bond donors (Lipinski definition) is 0. The molecule has 1 aromatic heterocycles. The lowest BCUT2D eigenvalue weighted by Crippen LogP contribution is -2.68. The molecule has 5 nitrogen and oxygen atoms in total. The van der Waals surface area contributed by atoms with E-state index in [-0.39, 0.29) is 5.91 Å². The summed E-state index contributed by atoms with van der Waals surface area (Å²) in [4.78, 5) is 22.2. The Morgan fingerprint density at radius 2 is 1.77 bits per heavy atom. The van der Waals surface area contributed by atoms with E-state index in [9.17, 15) is 4.79 Å². The van der Waals surface area contributed by atoms with Gasteiger partial charge in [0.05, 0.1) is 13.0 Å². The summed E-state index contributed by atoms with van der Waals surface area (Å²) >= 11 is 0. The maximum Gasteiger partial charge on any atom is 0.228 e. The van der Waals surface area contributed by atoms with Gasteiger partial charge in [-0.25, -0.2) is 0 Å². The van der Waals surface area contributed by atoms with Crippen LogP contribution in [0, 0.1) is 6.92 Å². The molecule has 0 bridgehead atoms. The van der Waals surface area contributed by atoms with Gasteiger partial charge in [0.15, 0.2) is 0 Å². The number of carbonyl (C=O) groups excluding carboxylic acids is 1. The van der Waals surface area contributed by atoms with Crippen LogP contribution in [-0.2, 0) is 16.0 Å². The molecule has 1 amide bonds. The van der Waals surface area contributed by atoms with Crippen LogP contribution in [-0.4, -0.2) is 66.1 Å². The predicted octanol–water partition coefficient (Wildman–Crippen LogP) is 4.70. The van der Waals surface area contributed by atoms with Crippen molar-refractivity contribution in [2.24, 2.45) is 0 Å². The molecule has 2 aromatic carbocycles. The summed E-state index contributed by atoms with van der Waals surface area (Å²) in [5.74, 6) is 0.526. The SMILES string of the molecule is COC[C@H]1[C@@H](c2ccc(-c3ccccc3C)cc2)[C@@H]2CN(C(=O)Cc3ccccn3)CCCCN12. The minimum absolute atomic E-state index is 0.175. The van der Waals surface area contributed by atoms with Gasteiger partial charge in [-0.1, -0.05) is 54.6 Å². The topological polar surface area (TPSA) is 45.7 Å². The van der Waals surface area contributed by atoms with Gasteiger partial charge in [-0.2, -0.15) is 0 Å². The summed E-state index contributed by atoms with van der Waals surface area (Å²) in [7, 11) is 1.79. The molecule has 3 aromatic rings. The highest BCUT2D eigenvalue weighted by molar-refractivity contribution is 5.78. The standard InChI is InChI=1S/C30H35N3O2/c1-22-9-3-4-11-26(22)23-12-14-24(15-13-23)30-27-20-32(29(34)19-25-10-5-6-16-31-25)17-7-8-18-33(27)28(30)21-35-2/h3-6,9-16,27-28,30H,7-8,17-21H2,1-2H3/t27-,28-,30-/m0/s1. The zero-order chi connectivity index (χ0) is 24.2. The van der Waals surface area contributed by atoms with Gasteiger partial charge in [-0.3, -0.25) is 14.7 Å². The Kier molecular flexibility index (Phi) is 7.26. The van der Waals surface area contributed by atoms with E-state index in [0.717, 1.165) is 38.2 Å². The van der Waals surface area contributed by atoms with Crippen molar-refractivity contribution in [2.45, 2.75) is 44.2 Å². The largest absolute Gasteiger partial charge is 0.383 e. The molecular formula is C30H35N3O2. The Labute approximate surface area is 208 Å².